The van der Waals surface area contributed by atoms with Gasteiger partial charge in [0.1, 0.15) is 5.16 Å². The van der Waals surface area contributed by atoms with E-state index in [-0.39, 0.29) is 8.46 Å². The SMILES string of the molecule is COC(=O)C(C)(C)P=O. The molecule has 0 amide bonds. The summed E-state index contributed by atoms with van der Waals surface area (Å²) in [6.45, 7) is 3.10. The van der Waals surface area contributed by atoms with Crippen LogP contribution in [0.25, 0.3) is 0 Å². The Bertz CT molecular complexity index is 130. The van der Waals surface area contributed by atoms with E-state index >= 15 is 0 Å². The smallest absolute Gasteiger partial charge is 0.322 e. The van der Waals surface area contributed by atoms with Gasteiger partial charge in [-0.25, -0.2) is 0 Å². The van der Waals surface area contributed by atoms with Crippen LogP contribution in [0.4, 0.5) is 0 Å². The number of ether oxygens (including phenoxy) is 1. The lowest BCUT2D eigenvalue weighted by molar-refractivity contribution is -0.142. The molecule has 0 rings (SSSR count). The Morgan fingerprint density at radius 2 is 2.00 bits per heavy atom. The summed E-state index contributed by atoms with van der Waals surface area (Å²) in [5.74, 6) is -0.459. The quantitative estimate of drug-likeness (QED) is 0.437. The Hall–Kier alpha value is -0.430. The fourth-order valence-electron chi connectivity index (χ4n) is 0.287. The van der Waals surface area contributed by atoms with E-state index in [1.165, 1.54) is 7.11 Å². The minimum absolute atomic E-state index is 0.209. The number of carbonyl (C=O) groups excluding carboxylic acids is 1. The van der Waals surface area contributed by atoms with Gasteiger partial charge >= 0.3 is 5.97 Å². The molecular formula is C5H9O3P. The van der Waals surface area contributed by atoms with Gasteiger partial charge in [0.05, 0.1) is 7.11 Å². The molecule has 0 spiro atoms. The molecule has 0 saturated carbocycles. The number of hydrogen-bond acceptors (Lipinski definition) is 3. The molecule has 0 saturated heterocycles. The van der Waals surface area contributed by atoms with Gasteiger partial charge in [0.25, 0.3) is 0 Å². The van der Waals surface area contributed by atoms with E-state index in [1.807, 2.05) is 0 Å². The maximum Gasteiger partial charge on any atom is 0.322 e. The number of esters is 1. The van der Waals surface area contributed by atoms with E-state index in [0.717, 1.165) is 0 Å². The minimum atomic E-state index is -0.894. The molecule has 0 radical (unpaired) electrons. The fraction of sp³-hybridized carbons (Fsp3) is 0.800. The van der Waals surface area contributed by atoms with E-state index in [0.29, 0.717) is 0 Å². The maximum absolute atomic E-state index is 10.6. The zero-order valence-corrected chi connectivity index (χ0v) is 6.57. The van der Waals surface area contributed by atoms with Gasteiger partial charge < -0.3 is 4.74 Å². The summed E-state index contributed by atoms with van der Waals surface area (Å²) < 4.78 is 14.6. The molecule has 0 bridgehead atoms. The molecule has 0 aromatic rings. The van der Waals surface area contributed by atoms with Crippen molar-refractivity contribution in [2.75, 3.05) is 7.11 Å². The molecule has 0 N–H and O–H groups in total. The van der Waals surface area contributed by atoms with Crippen molar-refractivity contribution in [1.82, 2.24) is 0 Å². The standard InChI is InChI=1S/C5H9O3P/c1-5(2,9-7)4(6)8-3/h1-3H3. The Morgan fingerprint density at radius 3 is 2.11 bits per heavy atom. The van der Waals surface area contributed by atoms with E-state index < -0.39 is 11.1 Å². The average Bonchev–Trinajstić information content (AvgIpc) is 1.86. The van der Waals surface area contributed by atoms with Crippen molar-refractivity contribution in [3.05, 3.63) is 0 Å². The third-order valence-corrected chi connectivity index (χ3v) is 1.55. The van der Waals surface area contributed by atoms with E-state index in [2.05, 4.69) is 4.74 Å². The third-order valence-electron chi connectivity index (χ3n) is 0.913. The summed E-state index contributed by atoms with van der Waals surface area (Å²) in [5.41, 5.74) is 0. The average molecular weight is 148 g/mol. The molecule has 9 heavy (non-hydrogen) atoms. The van der Waals surface area contributed by atoms with E-state index in [1.54, 1.807) is 13.8 Å². The zero-order chi connectivity index (χ0) is 7.49. The Kier molecular flexibility index (Phi) is 2.78. The van der Waals surface area contributed by atoms with Crippen molar-refractivity contribution in [3.63, 3.8) is 0 Å². The minimum Gasteiger partial charge on any atom is -0.468 e. The molecule has 0 aliphatic heterocycles. The number of methoxy groups -OCH3 is 1. The van der Waals surface area contributed by atoms with Crippen molar-refractivity contribution in [3.8, 4) is 0 Å². The van der Waals surface area contributed by atoms with Gasteiger partial charge in [0.2, 0.25) is 0 Å². The van der Waals surface area contributed by atoms with Crippen molar-refractivity contribution in [1.29, 1.82) is 0 Å². The van der Waals surface area contributed by atoms with Crippen molar-refractivity contribution < 1.29 is 14.1 Å². The molecular weight excluding hydrogens is 139 g/mol. The van der Waals surface area contributed by atoms with Crippen LogP contribution >= 0.6 is 8.46 Å². The second-order valence-electron chi connectivity index (χ2n) is 2.14. The van der Waals surface area contributed by atoms with Crippen molar-refractivity contribution in [2.24, 2.45) is 0 Å². The number of carbonyl (C=O) groups is 1. The van der Waals surface area contributed by atoms with Crippen LogP contribution in [0.3, 0.4) is 0 Å². The molecule has 0 unspecified atom stereocenters. The van der Waals surface area contributed by atoms with Crippen LogP contribution in [-0.4, -0.2) is 18.2 Å². The van der Waals surface area contributed by atoms with Crippen LogP contribution in [-0.2, 0) is 14.1 Å². The topological polar surface area (TPSA) is 43.4 Å². The van der Waals surface area contributed by atoms with E-state index in [4.69, 9.17) is 0 Å². The van der Waals surface area contributed by atoms with Crippen LogP contribution in [0.5, 0.6) is 0 Å². The zero-order valence-electron chi connectivity index (χ0n) is 5.67. The Balaban J connectivity index is 4.14. The predicted octanol–water partition coefficient (Wildman–Crippen LogP) is 1.23. The second kappa shape index (κ2) is 2.92. The first-order valence-electron chi connectivity index (χ1n) is 2.47. The summed E-state index contributed by atoms with van der Waals surface area (Å²) in [7, 11) is 1.06. The van der Waals surface area contributed by atoms with E-state index in [9.17, 15) is 9.36 Å². The lowest BCUT2D eigenvalue weighted by Gasteiger charge is -2.10. The molecule has 0 heterocycles. The highest BCUT2D eigenvalue weighted by atomic mass is 31.1. The van der Waals surface area contributed by atoms with Crippen molar-refractivity contribution >= 4 is 14.4 Å². The summed E-state index contributed by atoms with van der Waals surface area (Å²) in [6, 6.07) is 0. The van der Waals surface area contributed by atoms with Crippen LogP contribution < -0.4 is 0 Å². The first-order valence-corrected chi connectivity index (χ1v) is 3.29. The summed E-state index contributed by atoms with van der Waals surface area (Å²) >= 11 is 0. The predicted molar refractivity (Wildman–Crippen MR) is 33.7 cm³/mol. The van der Waals surface area contributed by atoms with Crippen LogP contribution in [0, 0.1) is 0 Å². The maximum atomic E-state index is 10.6. The molecule has 0 aromatic carbocycles. The van der Waals surface area contributed by atoms with Gasteiger partial charge in [-0.15, -0.1) is 0 Å². The van der Waals surface area contributed by atoms with Gasteiger partial charge in [0, 0.05) is 0 Å². The molecule has 3 nitrogen and oxygen atoms in total. The number of hydrogen-bond donors (Lipinski definition) is 0. The summed E-state index contributed by atoms with van der Waals surface area (Å²) in [6.07, 6.45) is 0. The Morgan fingerprint density at radius 1 is 1.56 bits per heavy atom. The Labute approximate surface area is 55.6 Å². The first kappa shape index (κ1) is 8.57. The van der Waals surface area contributed by atoms with Crippen LogP contribution in [0.2, 0.25) is 0 Å². The van der Waals surface area contributed by atoms with Gasteiger partial charge in [-0.2, -0.15) is 0 Å². The van der Waals surface area contributed by atoms with Gasteiger partial charge in [-0.3, -0.25) is 9.36 Å². The highest BCUT2D eigenvalue weighted by Crippen LogP contribution is 2.22. The van der Waals surface area contributed by atoms with Gasteiger partial charge in [-0.05, 0) is 13.8 Å². The van der Waals surface area contributed by atoms with Gasteiger partial charge in [0.15, 0.2) is 8.46 Å². The third kappa shape index (κ3) is 2.10. The monoisotopic (exact) mass is 148 g/mol. The molecule has 0 aromatic heterocycles. The normalized spacial score (nSPS) is 11.4. The highest BCUT2D eigenvalue weighted by Gasteiger charge is 2.28. The lowest BCUT2D eigenvalue weighted by atomic mass is 10.2. The molecule has 0 aliphatic carbocycles. The molecule has 0 atom stereocenters. The molecule has 4 heteroatoms. The van der Waals surface area contributed by atoms with Gasteiger partial charge in [-0.1, -0.05) is 0 Å². The largest absolute Gasteiger partial charge is 0.468 e. The molecule has 52 valence electrons. The first-order chi connectivity index (χ1) is 4.04. The second-order valence-corrected chi connectivity index (χ2v) is 3.44. The summed E-state index contributed by atoms with van der Waals surface area (Å²) in [4.78, 5) is 10.6. The lowest BCUT2D eigenvalue weighted by Crippen LogP contribution is -2.25. The number of rotatable bonds is 2. The van der Waals surface area contributed by atoms with Crippen LogP contribution in [0.15, 0.2) is 0 Å². The fourth-order valence-corrected chi connectivity index (χ4v) is 0.453. The molecule has 0 aliphatic rings. The van der Waals surface area contributed by atoms with Crippen LogP contribution in [0.1, 0.15) is 13.8 Å². The van der Waals surface area contributed by atoms with Crippen molar-refractivity contribution in [2.45, 2.75) is 19.0 Å². The summed E-state index contributed by atoms with van der Waals surface area (Å²) in [5, 5.41) is -0.894. The molecule has 0 fully saturated rings. The highest BCUT2D eigenvalue weighted by molar-refractivity contribution is 7.27.